The lowest BCUT2D eigenvalue weighted by atomic mass is 10.1. The molecule has 1 aliphatic rings. The van der Waals surface area contributed by atoms with Gasteiger partial charge in [-0.1, -0.05) is 6.07 Å². The molecule has 1 aromatic carbocycles. The third-order valence-electron chi connectivity index (χ3n) is 4.44. The summed E-state index contributed by atoms with van der Waals surface area (Å²) in [4.78, 5) is 36.7. The van der Waals surface area contributed by atoms with Gasteiger partial charge in [0.05, 0.1) is 12.2 Å². The third-order valence-corrected chi connectivity index (χ3v) is 4.44. The molecule has 3 rings (SSSR count). The van der Waals surface area contributed by atoms with Crippen LogP contribution >= 0.6 is 0 Å². The molecule has 0 atom stereocenters. The lowest BCUT2D eigenvalue weighted by molar-refractivity contribution is 0.0949. The number of pyridine rings is 1. The molecule has 0 aliphatic heterocycles. The van der Waals surface area contributed by atoms with Crippen molar-refractivity contribution in [2.45, 2.75) is 32.4 Å². The maximum absolute atomic E-state index is 12.6. The molecule has 2 N–H and O–H groups in total. The number of aromatic nitrogens is 1. The van der Waals surface area contributed by atoms with Gasteiger partial charge in [-0.3, -0.25) is 14.4 Å². The number of aryl methyl sites for hydroxylation is 1. The normalized spacial score (nSPS) is 13.3. The molecule has 1 aliphatic carbocycles. The third kappa shape index (κ3) is 4.83. The summed E-state index contributed by atoms with van der Waals surface area (Å²) in [6.45, 7) is 2.60. The molecule has 1 heterocycles. The van der Waals surface area contributed by atoms with Crippen molar-refractivity contribution in [1.29, 1.82) is 0 Å². The van der Waals surface area contributed by atoms with Gasteiger partial charge in [0.2, 0.25) is 0 Å². The first-order chi connectivity index (χ1) is 13.0. The second-order valence-corrected chi connectivity index (χ2v) is 6.67. The maximum Gasteiger partial charge on any atom is 0.257 e. The van der Waals surface area contributed by atoms with Gasteiger partial charge in [0.1, 0.15) is 0 Å². The van der Waals surface area contributed by atoms with E-state index in [0.29, 0.717) is 30.0 Å². The van der Waals surface area contributed by atoms with Crippen LogP contribution in [0.25, 0.3) is 0 Å². The van der Waals surface area contributed by atoms with Gasteiger partial charge in [0.25, 0.3) is 17.4 Å². The molecule has 0 unspecified atom stereocenters. The summed E-state index contributed by atoms with van der Waals surface area (Å²) in [5.41, 5.74) is 2.08. The number of nitrogens with one attached hydrogen (secondary N) is 2. The number of nitrogens with zero attached hydrogens (tertiary/aromatic N) is 1. The van der Waals surface area contributed by atoms with E-state index in [-0.39, 0.29) is 23.4 Å². The molecule has 142 valence electrons. The van der Waals surface area contributed by atoms with E-state index >= 15 is 0 Å². The van der Waals surface area contributed by atoms with Crippen molar-refractivity contribution in [2.75, 3.05) is 19.0 Å². The van der Waals surface area contributed by atoms with E-state index in [2.05, 4.69) is 10.6 Å². The van der Waals surface area contributed by atoms with Crippen LogP contribution in [0.3, 0.4) is 0 Å². The summed E-state index contributed by atoms with van der Waals surface area (Å²) in [7, 11) is 1.55. The minimum Gasteiger partial charge on any atom is -0.383 e. The number of anilines is 1. The van der Waals surface area contributed by atoms with E-state index in [1.165, 1.54) is 22.9 Å². The highest BCUT2D eigenvalue weighted by Crippen LogP contribution is 2.21. The van der Waals surface area contributed by atoms with Gasteiger partial charge < -0.3 is 19.9 Å². The van der Waals surface area contributed by atoms with E-state index in [9.17, 15) is 14.4 Å². The molecule has 7 nitrogen and oxygen atoms in total. The molecule has 27 heavy (non-hydrogen) atoms. The number of amides is 2. The number of hydrogen-bond acceptors (Lipinski definition) is 4. The second-order valence-electron chi connectivity index (χ2n) is 6.67. The molecule has 1 aromatic heterocycles. The standard InChI is InChI=1S/C20H23N3O4/c1-13-3-4-14(19(25)21-16-6-7-16)11-17(13)22-20(26)15-5-8-18(24)23(12-15)9-10-27-2/h3-5,8,11-12,16H,6-7,9-10H2,1-2H3,(H,21,25)(H,22,26). The fraction of sp³-hybridized carbons (Fsp3) is 0.350. The van der Waals surface area contributed by atoms with Gasteiger partial charge in [-0.05, 0) is 43.5 Å². The van der Waals surface area contributed by atoms with Gasteiger partial charge in [0.15, 0.2) is 0 Å². The average Bonchev–Trinajstić information content (AvgIpc) is 3.46. The number of methoxy groups -OCH3 is 1. The maximum atomic E-state index is 12.6. The Morgan fingerprint density at radius 3 is 2.59 bits per heavy atom. The number of rotatable bonds is 7. The smallest absolute Gasteiger partial charge is 0.257 e. The molecule has 7 heteroatoms. The Morgan fingerprint density at radius 2 is 1.89 bits per heavy atom. The van der Waals surface area contributed by atoms with Crippen LogP contribution in [0.15, 0.2) is 41.3 Å². The van der Waals surface area contributed by atoms with Crippen molar-refractivity contribution in [1.82, 2.24) is 9.88 Å². The van der Waals surface area contributed by atoms with Gasteiger partial charge in [-0.2, -0.15) is 0 Å². The van der Waals surface area contributed by atoms with Crippen molar-refractivity contribution in [3.05, 3.63) is 63.6 Å². The van der Waals surface area contributed by atoms with Crippen LogP contribution in [0, 0.1) is 6.92 Å². The van der Waals surface area contributed by atoms with Crippen molar-refractivity contribution in [3.8, 4) is 0 Å². The second kappa shape index (κ2) is 8.18. The van der Waals surface area contributed by atoms with Crippen molar-refractivity contribution in [3.63, 3.8) is 0 Å². The molecule has 0 spiro atoms. The predicted octanol–water partition coefficient (Wildman–Crippen LogP) is 1.95. The van der Waals surface area contributed by atoms with Gasteiger partial charge in [-0.25, -0.2) is 0 Å². The van der Waals surface area contributed by atoms with Crippen LogP contribution in [0.1, 0.15) is 39.1 Å². The predicted molar refractivity (Wildman–Crippen MR) is 102 cm³/mol. The van der Waals surface area contributed by atoms with E-state index in [0.717, 1.165) is 18.4 Å². The van der Waals surface area contributed by atoms with Crippen LogP contribution < -0.4 is 16.2 Å². The molecule has 0 bridgehead atoms. The van der Waals surface area contributed by atoms with Gasteiger partial charge >= 0.3 is 0 Å². The Balaban J connectivity index is 1.77. The van der Waals surface area contributed by atoms with Crippen LogP contribution in [0.2, 0.25) is 0 Å². The fourth-order valence-corrected chi connectivity index (χ4v) is 2.62. The van der Waals surface area contributed by atoms with E-state index in [4.69, 9.17) is 4.74 Å². The van der Waals surface area contributed by atoms with Crippen LogP contribution in [-0.4, -0.2) is 36.1 Å². The first-order valence-electron chi connectivity index (χ1n) is 8.90. The molecule has 0 radical (unpaired) electrons. The summed E-state index contributed by atoms with van der Waals surface area (Å²) in [5.74, 6) is -0.481. The molecule has 1 fully saturated rings. The molecule has 0 saturated heterocycles. The zero-order valence-corrected chi connectivity index (χ0v) is 15.5. The zero-order chi connectivity index (χ0) is 19.4. The fourth-order valence-electron chi connectivity index (χ4n) is 2.62. The summed E-state index contributed by atoms with van der Waals surface area (Å²) < 4.78 is 6.42. The van der Waals surface area contributed by atoms with Crippen molar-refractivity contribution in [2.24, 2.45) is 0 Å². The number of benzene rings is 1. The topological polar surface area (TPSA) is 89.4 Å². The van der Waals surface area contributed by atoms with Crippen LogP contribution in [0.4, 0.5) is 5.69 Å². The van der Waals surface area contributed by atoms with Crippen LogP contribution in [-0.2, 0) is 11.3 Å². The monoisotopic (exact) mass is 369 g/mol. The Hall–Kier alpha value is -2.93. The SMILES string of the molecule is COCCn1cc(C(=O)Nc2cc(C(=O)NC3CC3)ccc2C)ccc1=O. The minimum atomic E-state index is -0.344. The molecular weight excluding hydrogens is 346 g/mol. The highest BCUT2D eigenvalue weighted by Gasteiger charge is 2.24. The molecule has 2 amide bonds. The Bertz CT molecular complexity index is 916. The number of hydrogen-bond donors (Lipinski definition) is 2. The van der Waals surface area contributed by atoms with E-state index in [1.807, 2.05) is 6.92 Å². The van der Waals surface area contributed by atoms with E-state index < -0.39 is 0 Å². The lowest BCUT2D eigenvalue weighted by Gasteiger charge is -2.12. The van der Waals surface area contributed by atoms with Gasteiger partial charge in [-0.15, -0.1) is 0 Å². The zero-order valence-electron chi connectivity index (χ0n) is 15.5. The first-order valence-corrected chi connectivity index (χ1v) is 8.90. The number of ether oxygens (including phenoxy) is 1. The highest BCUT2D eigenvalue weighted by molar-refractivity contribution is 6.05. The summed E-state index contributed by atoms with van der Waals surface area (Å²) in [5, 5.41) is 5.76. The van der Waals surface area contributed by atoms with Crippen LogP contribution in [0.5, 0.6) is 0 Å². The summed E-state index contributed by atoms with van der Waals surface area (Å²) in [6.07, 6.45) is 3.54. The first kappa shape index (κ1) is 18.8. The summed E-state index contributed by atoms with van der Waals surface area (Å²) in [6, 6.07) is 8.33. The summed E-state index contributed by atoms with van der Waals surface area (Å²) >= 11 is 0. The highest BCUT2D eigenvalue weighted by atomic mass is 16.5. The van der Waals surface area contributed by atoms with Gasteiger partial charge in [0, 0.05) is 43.2 Å². The number of carbonyl (C=O) groups is 2. The van der Waals surface area contributed by atoms with Crippen molar-refractivity contribution < 1.29 is 14.3 Å². The Kier molecular flexibility index (Phi) is 5.71. The van der Waals surface area contributed by atoms with E-state index in [1.54, 1.807) is 25.3 Å². The van der Waals surface area contributed by atoms with Crippen molar-refractivity contribution >= 4 is 17.5 Å². The quantitative estimate of drug-likeness (QED) is 0.781. The number of carbonyl (C=O) groups excluding carboxylic acids is 2. The lowest BCUT2D eigenvalue weighted by Crippen LogP contribution is -2.26. The molecule has 1 saturated carbocycles. The largest absolute Gasteiger partial charge is 0.383 e. The Labute approximate surface area is 157 Å². The Morgan fingerprint density at radius 1 is 1.15 bits per heavy atom. The average molecular weight is 369 g/mol. The molecule has 2 aromatic rings. The minimum absolute atomic E-state index is 0.138. The molecular formula is C20H23N3O4.